The van der Waals surface area contributed by atoms with Gasteiger partial charge in [0.25, 0.3) is 0 Å². The van der Waals surface area contributed by atoms with Gasteiger partial charge in [0, 0.05) is 25.2 Å². The summed E-state index contributed by atoms with van der Waals surface area (Å²) in [6.45, 7) is 8.68. The van der Waals surface area contributed by atoms with Gasteiger partial charge in [0.2, 0.25) is 5.78 Å². The van der Waals surface area contributed by atoms with Gasteiger partial charge in [0.15, 0.2) is 11.4 Å². The van der Waals surface area contributed by atoms with Gasteiger partial charge in [-0.25, -0.2) is 0 Å². The second-order valence-electron chi connectivity index (χ2n) is 8.06. The minimum Gasteiger partial charge on any atom is -0.450 e. The molecule has 2 aliphatic rings. The predicted octanol–water partition coefficient (Wildman–Crippen LogP) is 4.23. The van der Waals surface area contributed by atoms with Crippen LogP contribution in [0.4, 0.5) is 0 Å². The molecule has 0 amide bonds. The summed E-state index contributed by atoms with van der Waals surface area (Å²) in [7, 11) is 0. The average molecular weight is 398 g/mol. The topological polar surface area (TPSA) is 77.5 Å². The monoisotopic (exact) mass is 398 g/mol. The lowest BCUT2D eigenvalue weighted by Crippen LogP contribution is -2.50. The SMILES string of the molecule is CC=CC=CC(=O)CC1=C(C)C(=O)[C@@]2(C)OC(=O)[C@]1(C)[C@H]2CC(=O)CCC=CC. The molecule has 1 aliphatic carbocycles. The van der Waals surface area contributed by atoms with E-state index in [9.17, 15) is 19.2 Å². The molecule has 0 saturated carbocycles. The fraction of sp³-hybridized carbons (Fsp3) is 0.500. The molecule has 0 aromatic carbocycles. The highest BCUT2D eigenvalue weighted by Gasteiger charge is 2.68. The van der Waals surface area contributed by atoms with Crippen molar-refractivity contribution in [3.63, 3.8) is 0 Å². The summed E-state index contributed by atoms with van der Waals surface area (Å²) in [6, 6.07) is 0. The van der Waals surface area contributed by atoms with Crippen LogP contribution in [0.25, 0.3) is 0 Å². The molecule has 5 nitrogen and oxygen atoms in total. The molecule has 1 aliphatic heterocycles. The van der Waals surface area contributed by atoms with Gasteiger partial charge < -0.3 is 4.74 Å². The van der Waals surface area contributed by atoms with Gasteiger partial charge in [0.05, 0.1) is 5.41 Å². The molecule has 156 valence electrons. The van der Waals surface area contributed by atoms with E-state index in [0.717, 1.165) is 0 Å². The van der Waals surface area contributed by atoms with Crippen LogP contribution in [0.15, 0.2) is 47.6 Å². The Bertz CT molecular complexity index is 841. The number of ketones is 3. The lowest BCUT2D eigenvalue weighted by Gasteiger charge is -2.40. The van der Waals surface area contributed by atoms with Crippen LogP contribution < -0.4 is 0 Å². The van der Waals surface area contributed by atoms with E-state index in [2.05, 4.69) is 0 Å². The maximum absolute atomic E-state index is 13.1. The molecule has 0 spiro atoms. The van der Waals surface area contributed by atoms with Gasteiger partial charge >= 0.3 is 5.97 Å². The fourth-order valence-corrected chi connectivity index (χ4v) is 4.46. The fourth-order valence-electron chi connectivity index (χ4n) is 4.46. The van der Waals surface area contributed by atoms with E-state index in [-0.39, 0.29) is 30.2 Å². The molecular formula is C24H30O5. The summed E-state index contributed by atoms with van der Waals surface area (Å²) in [6.07, 6.45) is 11.4. The Balaban J connectivity index is 2.40. The van der Waals surface area contributed by atoms with Crippen molar-refractivity contribution in [2.75, 3.05) is 0 Å². The third-order valence-electron chi connectivity index (χ3n) is 6.16. The Labute approximate surface area is 172 Å². The highest BCUT2D eigenvalue weighted by atomic mass is 16.6. The van der Waals surface area contributed by atoms with E-state index in [1.54, 1.807) is 39.0 Å². The first kappa shape index (κ1) is 22.7. The molecule has 0 unspecified atom stereocenters. The van der Waals surface area contributed by atoms with E-state index in [4.69, 9.17) is 4.74 Å². The minimum absolute atomic E-state index is 0.0186. The highest BCUT2D eigenvalue weighted by molar-refractivity contribution is 6.11. The molecule has 3 atom stereocenters. The Kier molecular flexibility index (Phi) is 6.93. The summed E-state index contributed by atoms with van der Waals surface area (Å²) < 4.78 is 5.57. The number of carbonyl (C=O) groups is 4. The summed E-state index contributed by atoms with van der Waals surface area (Å²) >= 11 is 0. The predicted molar refractivity (Wildman–Crippen MR) is 111 cm³/mol. The van der Waals surface area contributed by atoms with Crippen molar-refractivity contribution in [1.82, 2.24) is 0 Å². The Morgan fingerprint density at radius 2 is 1.79 bits per heavy atom. The highest BCUT2D eigenvalue weighted by Crippen LogP contribution is 2.58. The molecule has 29 heavy (non-hydrogen) atoms. The van der Waals surface area contributed by atoms with Crippen LogP contribution in [-0.2, 0) is 23.9 Å². The largest absolute Gasteiger partial charge is 0.450 e. The minimum atomic E-state index is -1.36. The number of ether oxygens (including phenoxy) is 1. The van der Waals surface area contributed by atoms with Crippen LogP contribution >= 0.6 is 0 Å². The third kappa shape index (κ3) is 4.09. The maximum atomic E-state index is 13.1. The van der Waals surface area contributed by atoms with Crippen LogP contribution in [-0.4, -0.2) is 28.9 Å². The van der Waals surface area contributed by atoms with Gasteiger partial charge in [0.1, 0.15) is 5.78 Å². The smallest absolute Gasteiger partial charge is 0.317 e. The molecule has 0 N–H and O–H groups in total. The molecule has 1 heterocycles. The lowest BCUT2D eigenvalue weighted by atomic mass is 9.58. The van der Waals surface area contributed by atoms with Gasteiger partial charge in [-0.1, -0.05) is 30.4 Å². The third-order valence-corrected chi connectivity index (χ3v) is 6.16. The van der Waals surface area contributed by atoms with Crippen molar-refractivity contribution in [2.45, 2.75) is 65.9 Å². The van der Waals surface area contributed by atoms with Crippen LogP contribution in [0, 0.1) is 11.3 Å². The zero-order valence-electron chi connectivity index (χ0n) is 17.9. The van der Waals surface area contributed by atoms with Crippen molar-refractivity contribution < 1.29 is 23.9 Å². The van der Waals surface area contributed by atoms with Crippen molar-refractivity contribution in [1.29, 1.82) is 0 Å². The molecule has 0 aromatic rings. The quantitative estimate of drug-likeness (QED) is 0.251. The van der Waals surface area contributed by atoms with Gasteiger partial charge in [-0.3, -0.25) is 19.2 Å². The first-order valence-electron chi connectivity index (χ1n) is 10.1. The molecule has 2 rings (SSSR count). The molecule has 0 aromatic heterocycles. The number of fused-ring (bicyclic) bond motifs is 2. The van der Waals surface area contributed by atoms with Crippen LogP contribution in [0.5, 0.6) is 0 Å². The number of carbonyl (C=O) groups excluding carboxylic acids is 4. The van der Waals surface area contributed by atoms with E-state index in [1.807, 2.05) is 26.0 Å². The van der Waals surface area contributed by atoms with Gasteiger partial charge in [-0.15, -0.1) is 0 Å². The van der Waals surface area contributed by atoms with Crippen molar-refractivity contribution >= 4 is 23.3 Å². The lowest BCUT2D eigenvalue weighted by molar-refractivity contribution is -0.156. The second-order valence-corrected chi connectivity index (χ2v) is 8.06. The van der Waals surface area contributed by atoms with E-state index in [0.29, 0.717) is 24.0 Å². The molecule has 1 saturated heterocycles. The number of esters is 1. The summed E-state index contributed by atoms with van der Waals surface area (Å²) in [5.74, 6) is -1.68. The molecule has 0 radical (unpaired) electrons. The Hall–Kier alpha value is -2.56. The van der Waals surface area contributed by atoms with Crippen LogP contribution in [0.1, 0.15) is 60.3 Å². The molecule has 5 heteroatoms. The van der Waals surface area contributed by atoms with E-state index < -0.39 is 22.9 Å². The van der Waals surface area contributed by atoms with Gasteiger partial charge in [-0.05, 0) is 58.3 Å². The maximum Gasteiger partial charge on any atom is 0.317 e. The zero-order valence-corrected chi connectivity index (χ0v) is 17.9. The summed E-state index contributed by atoms with van der Waals surface area (Å²) in [5, 5.41) is 0. The molecular weight excluding hydrogens is 368 g/mol. The van der Waals surface area contributed by atoms with Crippen molar-refractivity contribution in [2.24, 2.45) is 11.3 Å². The first-order chi connectivity index (χ1) is 13.6. The number of allylic oxidation sites excluding steroid dienone is 6. The van der Waals surface area contributed by atoms with E-state index >= 15 is 0 Å². The molecule has 2 bridgehead atoms. The normalized spacial score (nSPS) is 29.5. The second kappa shape index (κ2) is 8.85. The zero-order chi connectivity index (χ0) is 21.8. The average Bonchev–Trinajstić information content (AvgIpc) is 2.84. The number of Topliss-reactive ketones (excluding diaryl/α,β-unsaturated/α-hetero) is 2. The van der Waals surface area contributed by atoms with Crippen molar-refractivity contribution in [3.8, 4) is 0 Å². The molecule has 1 fully saturated rings. The Morgan fingerprint density at radius 3 is 2.41 bits per heavy atom. The van der Waals surface area contributed by atoms with Crippen LogP contribution in [0.2, 0.25) is 0 Å². The number of hydrogen-bond acceptors (Lipinski definition) is 5. The number of hydrogen-bond donors (Lipinski definition) is 0. The number of rotatable bonds is 9. The van der Waals surface area contributed by atoms with Crippen molar-refractivity contribution in [3.05, 3.63) is 47.6 Å². The van der Waals surface area contributed by atoms with Crippen LogP contribution in [0.3, 0.4) is 0 Å². The standard InChI is InChI=1S/C24H30O5/c1-6-8-10-12-17(25)14-19-16(3)21(27)24(5)20(23(19,4)22(28)29-24)15-18(26)13-11-9-7-2/h6-10,12,20H,11,13-15H2,1-5H3/t20-,23+,24+/m1/s1. The first-order valence-corrected chi connectivity index (χ1v) is 10.1. The van der Waals surface area contributed by atoms with Gasteiger partial charge in [-0.2, -0.15) is 0 Å². The Morgan fingerprint density at radius 1 is 1.10 bits per heavy atom. The summed E-state index contributed by atoms with van der Waals surface area (Å²) in [4.78, 5) is 51.0. The summed E-state index contributed by atoms with van der Waals surface area (Å²) in [5.41, 5.74) is -1.65. The van der Waals surface area contributed by atoms with E-state index in [1.165, 1.54) is 6.08 Å².